The Morgan fingerprint density at radius 2 is 1.56 bits per heavy atom. The predicted octanol–water partition coefficient (Wildman–Crippen LogP) is 1.11. The number of aliphatic hydroxyl groups is 1. The van der Waals surface area contributed by atoms with E-state index < -0.39 is 0 Å². The zero-order valence-corrected chi connectivity index (χ0v) is 20.1. The molecule has 2 saturated heterocycles. The van der Waals surface area contributed by atoms with Crippen LogP contribution in [0.25, 0.3) is 11.1 Å². The first-order chi connectivity index (χ1) is 16.2. The van der Waals surface area contributed by atoms with Gasteiger partial charge < -0.3 is 24.7 Å². The quantitative estimate of drug-likeness (QED) is 0.693. The topological polar surface area (TPSA) is 84.4 Å². The van der Waals surface area contributed by atoms with Crippen molar-refractivity contribution in [2.24, 2.45) is 0 Å². The predicted molar refractivity (Wildman–Crippen MR) is 129 cm³/mol. The van der Waals surface area contributed by atoms with Crippen LogP contribution in [0, 0.1) is 0 Å². The summed E-state index contributed by atoms with van der Waals surface area (Å²) in [6, 6.07) is 15.2. The Hall–Kier alpha value is -3.23. The number of piperazine rings is 1. The monoisotopic (exact) mass is 464 g/mol. The fourth-order valence-electron chi connectivity index (χ4n) is 5.02. The molecule has 0 unspecified atom stereocenters. The highest BCUT2D eigenvalue weighted by molar-refractivity contribution is 5.94. The van der Waals surface area contributed by atoms with Crippen LogP contribution < -0.4 is 0 Å². The molecule has 4 rings (SSSR count). The van der Waals surface area contributed by atoms with Gasteiger partial charge in [0.25, 0.3) is 5.91 Å². The molecule has 2 aromatic carbocycles. The van der Waals surface area contributed by atoms with E-state index in [2.05, 4.69) is 0 Å². The van der Waals surface area contributed by atoms with Gasteiger partial charge in [-0.25, -0.2) is 0 Å². The fraction of sp³-hybridized carbons (Fsp3) is 0.423. The van der Waals surface area contributed by atoms with Gasteiger partial charge in [-0.1, -0.05) is 36.4 Å². The van der Waals surface area contributed by atoms with Crippen molar-refractivity contribution >= 4 is 17.7 Å². The number of hydrogen-bond donors (Lipinski definition) is 1. The molecule has 2 fully saturated rings. The Balaban J connectivity index is 1.52. The number of nitrogens with zero attached hydrogens (tertiary/aromatic N) is 4. The highest BCUT2D eigenvalue weighted by atomic mass is 16.3. The maximum absolute atomic E-state index is 12.7. The molecule has 0 aliphatic carbocycles. The molecule has 2 aliphatic heterocycles. The number of aliphatic hydroxyl groups excluding tert-OH is 1. The van der Waals surface area contributed by atoms with Crippen LogP contribution in [0.1, 0.15) is 21.8 Å². The Bertz CT molecular complexity index is 1070. The molecule has 3 atom stereocenters. The van der Waals surface area contributed by atoms with Gasteiger partial charge >= 0.3 is 0 Å². The van der Waals surface area contributed by atoms with E-state index in [-0.39, 0.29) is 55.4 Å². The average Bonchev–Trinajstić information content (AvgIpc) is 2.80. The second-order valence-electron chi connectivity index (χ2n) is 9.56. The van der Waals surface area contributed by atoms with Crippen molar-refractivity contribution in [1.82, 2.24) is 19.6 Å². The first kappa shape index (κ1) is 23.9. The summed E-state index contributed by atoms with van der Waals surface area (Å²) in [5.74, 6) is -0.233. The van der Waals surface area contributed by atoms with E-state index >= 15 is 0 Å². The largest absolute Gasteiger partial charge is 0.394 e. The van der Waals surface area contributed by atoms with Crippen molar-refractivity contribution < 1.29 is 19.5 Å². The van der Waals surface area contributed by atoms with E-state index in [4.69, 9.17) is 0 Å². The van der Waals surface area contributed by atoms with Crippen molar-refractivity contribution in [2.75, 3.05) is 54.4 Å². The van der Waals surface area contributed by atoms with Gasteiger partial charge in [0.15, 0.2) is 0 Å². The lowest BCUT2D eigenvalue weighted by atomic mass is 9.73. The highest BCUT2D eigenvalue weighted by Crippen LogP contribution is 2.43. The number of likely N-dealkylation sites (N-methyl/N-ethyl adjacent to an activating group) is 1. The summed E-state index contributed by atoms with van der Waals surface area (Å²) >= 11 is 0. The van der Waals surface area contributed by atoms with Crippen LogP contribution in [0.3, 0.4) is 0 Å². The molecule has 0 bridgehead atoms. The number of benzene rings is 2. The number of carbonyl (C=O) groups is 3. The number of amides is 3. The summed E-state index contributed by atoms with van der Waals surface area (Å²) in [5, 5.41) is 10.00. The Morgan fingerprint density at radius 3 is 2.09 bits per heavy atom. The minimum absolute atomic E-state index is 0.0296. The summed E-state index contributed by atoms with van der Waals surface area (Å²) < 4.78 is 0. The second-order valence-corrected chi connectivity index (χ2v) is 9.56. The molecule has 0 spiro atoms. The van der Waals surface area contributed by atoms with E-state index in [1.54, 1.807) is 33.7 Å². The van der Waals surface area contributed by atoms with Crippen LogP contribution in [0.5, 0.6) is 0 Å². The summed E-state index contributed by atoms with van der Waals surface area (Å²) in [6.45, 7) is 0.698. The minimum atomic E-state index is -0.272. The fourth-order valence-corrected chi connectivity index (χ4v) is 5.02. The van der Waals surface area contributed by atoms with Crippen molar-refractivity contribution in [3.05, 3.63) is 59.7 Å². The molecule has 0 aromatic heterocycles. The van der Waals surface area contributed by atoms with Gasteiger partial charge in [-0.2, -0.15) is 0 Å². The van der Waals surface area contributed by atoms with E-state index in [0.29, 0.717) is 12.1 Å². The third-order valence-electron chi connectivity index (χ3n) is 6.72. The summed E-state index contributed by atoms with van der Waals surface area (Å²) in [7, 11) is 7.12. The lowest BCUT2D eigenvalue weighted by Crippen LogP contribution is -2.73. The summed E-state index contributed by atoms with van der Waals surface area (Å²) in [5.41, 5.74) is 3.70. The van der Waals surface area contributed by atoms with Crippen molar-refractivity contribution in [2.45, 2.75) is 18.0 Å². The summed E-state index contributed by atoms with van der Waals surface area (Å²) in [6.07, 6.45) is 0. The molecule has 180 valence electrons. The van der Waals surface area contributed by atoms with Crippen LogP contribution in [-0.2, 0) is 9.59 Å². The zero-order chi connectivity index (χ0) is 24.6. The van der Waals surface area contributed by atoms with Crippen LogP contribution in [-0.4, -0.2) is 109 Å². The minimum Gasteiger partial charge on any atom is -0.394 e. The normalized spacial score (nSPS) is 21.8. The van der Waals surface area contributed by atoms with E-state index in [1.165, 1.54) is 0 Å². The third-order valence-corrected chi connectivity index (χ3v) is 6.72. The average molecular weight is 465 g/mol. The van der Waals surface area contributed by atoms with Gasteiger partial charge in [0.05, 0.1) is 31.8 Å². The number of rotatable bonds is 6. The van der Waals surface area contributed by atoms with Gasteiger partial charge in [-0.15, -0.1) is 0 Å². The first-order valence-corrected chi connectivity index (χ1v) is 11.5. The smallest absolute Gasteiger partial charge is 0.253 e. The molecule has 34 heavy (non-hydrogen) atoms. The molecule has 0 saturated carbocycles. The van der Waals surface area contributed by atoms with Gasteiger partial charge in [0, 0.05) is 32.1 Å². The molecular formula is C26H32N4O4. The zero-order valence-electron chi connectivity index (χ0n) is 20.1. The molecule has 3 amide bonds. The number of hydrogen-bond acceptors (Lipinski definition) is 5. The van der Waals surface area contributed by atoms with Crippen LogP contribution in [0.2, 0.25) is 0 Å². The van der Waals surface area contributed by atoms with Crippen LogP contribution in [0.15, 0.2) is 48.5 Å². The molecule has 2 aromatic rings. The maximum atomic E-state index is 12.7. The highest BCUT2D eigenvalue weighted by Gasteiger charge is 2.54. The molecular weight excluding hydrogens is 432 g/mol. The van der Waals surface area contributed by atoms with Crippen molar-refractivity contribution in [3.8, 4) is 11.1 Å². The lowest BCUT2D eigenvalue weighted by molar-refractivity contribution is -0.167. The van der Waals surface area contributed by atoms with E-state index in [9.17, 15) is 19.5 Å². The third kappa shape index (κ3) is 4.43. The van der Waals surface area contributed by atoms with Crippen molar-refractivity contribution in [3.63, 3.8) is 0 Å². The van der Waals surface area contributed by atoms with Crippen LogP contribution >= 0.6 is 0 Å². The standard InChI is InChI=1S/C26H32N4O4/c1-27(2)14-23(32)29-13-21-25(22(16-31)30(21)24(33)15-29)19-9-5-17(6-10-19)18-7-11-20(12-8-18)26(34)28(3)4/h5-12,21-22,25,31H,13-16H2,1-4H3/t21-,22-,25+/m1/s1. The molecule has 2 aliphatic rings. The van der Waals surface area contributed by atoms with Crippen LogP contribution in [0.4, 0.5) is 0 Å². The van der Waals surface area contributed by atoms with Gasteiger partial charge in [-0.3, -0.25) is 14.4 Å². The Morgan fingerprint density at radius 1 is 0.971 bits per heavy atom. The number of carbonyl (C=O) groups excluding carboxylic acids is 3. The summed E-state index contributed by atoms with van der Waals surface area (Å²) in [4.78, 5) is 44.2. The Kier molecular flexibility index (Phi) is 6.72. The number of fused-ring (bicyclic) bond motifs is 1. The Labute approximate surface area is 200 Å². The van der Waals surface area contributed by atoms with E-state index in [0.717, 1.165) is 16.7 Å². The van der Waals surface area contributed by atoms with Gasteiger partial charge in [-0.05, 0) is 42.9 Å². The molecule has 0 radical (unpaired) electrons. The molecule has 8 nitrogen and oxygen atoms in total. The van der Waals surface area contributed by atoms with Gasteiger partial charge in [0.2, 0.25) is 11.8 Å². The first-order valence-electron chi connectivity index (χ1n) is 11.5. The molecule has 8 heteroatoms. The van der Waals surface area contributed by atoms with E-state index in [1.807, 2.05) is 62.6 Å². The molecule has 1 N–H and O–H groups in total. The second kappa shape index (κ2) is 9.56. The maximum Gasteiger partial charge on any atom is 0.253 e. The van der Waals surface area contributed by atoms with Gasteiger partial charge in [0.1, 0.15) is 0 Å². The SMILES string of the molecule is CN(C)CC(=O)N1CC(=O)N2[C@H](CO)[C@@H](c3ccc(-c4ccc(C(=O)N(C)C)cc4)cc3)[C@H]2C1. The van der Waals surface area contributed by atoms with Crippen molar-refractivity contribution in [1.29, 1.82) is 0 Å². The lowest BCUT2D eigenvalue weighted by Gasteiger charge is -2.58. The molecule has 2 heterocycles.